The van der Waals surface area contributed by atoms with Gasteiger partial charge in [-0.2, -0.15) is 0 Å². The predicted molar refractivity (Wildman–Crippen MR) is 94.6 cm³/mol. The van der Waals surface area contributed by atoms with E-state index in [0.29, 0.717) is 23.7 Å². The summed E-state index contributed by atoms with van der Waals surface area (Å²) in [6.07, 6.45) is 4.54. The number of carbonyl (C=O) groups excluding carboxylic acids is 1. The first kappa shape index (κ1) is 17.5. The number of amides is 1. The van der Waals surface area contributed by atoms with E-state index in [1.54, 1.807) is 0 Å². The van der Waals surface area contributed by atoms with Crippen LogP contribution in [0.1, 0.15) is 55.5 Å². The summed E-state index contributed by atoms with van der Waals surface area (Å²) in [6, 6.07) is 1.99. The number of nitrogens with zero attached hydrogens (tertiary/aromatic N) is 1. The van der Waals surface area contributed by atoms with Gasteiger partial charge in [0.2, 0.25) is 5.88 Å². The van der Waals surface area contributed by atoms with Crippen LogP contribution in [0.5, 0.6) is 0 Å². The maximum Gasteiger partial charge on any atom is 0.259 e. The molecular weight excluding hydrogens is 310 g/mol. The zero-order valence-electron chi connectivity index (χ0n) is 14.0. The minimum absolute atomic E-state index is 0.0758. The van der Waals surface area contributed by atoms with Crippen LogP contribution in [0.25, 0.3) is 10.6 Å². The Balaban J connectivity index is 2.11. The summed E-state index contributed by atoms with van der Waals surface area (Å²) >= 11 is 1.53. The molecule has 2 aromatic rings. The number of aryl methyl sites for hydroxylation is 1. The summed E-state index contributed by atoms with van der Waals surface area (Å²) in [5, 5.41) is 8.95. The first-order valence-corrected chi connectivity index (χ1v) is 9.04. The molecule has 0 aliphatic heterocycles. The first-order chi connectivity index (χ1) is 11.1. The van der Waals surface area contributed by atoms with E-state index in [0.717, 1.165) is 23.3 Å². The Kier molecular flexibility index (Phi) is 6.21. The van der Waals surface area contributed by atoms with Crippen molar-refractivity contribution in [3.8, 4) is 10.6 Å². The first-order valence-electron chi connectivity index (χ1n) is 8.16. The Morgan fingerprint density at radius 2 is 2.26 bits per heavy atom. The molecule has 0 saturated heterocycles. The number of rotatable bonds is 8. The van der Waals surface area contributed by atoms with Crippen molar-refractivity contribution in [3.63, 3.8) is 0 Å². The van der Waals surface area contributed by atoms with Crippen LogP contribution in [0.4, 0.5) is 5.88 Å². The van der Waals surface area contributed by atoms with Gasteiger partial charge in [-0.05, 0) is 36.3 Å². The second-order valence-corrected chi connectivity index (χ2v) is 6.75. The van der Waals surface area contributed by atoms with Gasteiger partial charge < -0.3 is 15.6 Å². The molecule has 6 heteroatoms. The molecule has 0 spiro atoms. The zero-order chi connectivity index (χ0) is 16.8. The Labute approximate surface area is 141 Å². The number of nitrogens with one attached hydrogen (secondary N) is 1. The lowest BCUT2D eigenvalue weighted by Crippen LogP contribution is -2.29. The molecule has 1 unspecified atom stereocenters. The number of nitrogens with two attached hydrogens (primary N) is 1. The summed E-state index contributed by atoms with van der Waals surface area (Å²) in [7, 11) is 0. The van der Waals surface area contributed by atoms with E-state index in [-0.39, 0.29) is 11.8 Å². The van der Waals surface area contributed by atoms with E-state index >= 15 is 0 Å². The minimum Gasteiger partial charge on any atom is -0.367 e. The zero-order valence-corrected chi connectivity index (χ0v) is 14.8. The van der Waals surface area contributed by atoms with Crippen LogP contribution in [0.3, 0.4) is 0 Å². The third kappa shape index (κ3) is 4.13. The molecule has 126 valence electrons. The fraction of sp³-hybridized carbons (Fsp3) is 0.529. The lowest BCUT2D eigenvalue weighted by molar-refractivity contribution is 0.0947. The lowest BCUT2D eigenvalue weighted by Gasteiger charge is -2.15. The number of unbranched alkanes of at least 4 members (excludes halogenated alkanes) is 1. The predicted octanol–water partition coefficient (Wildman–Crippen LogP) is 4.24. The van der Waals surface area contributed by atoms with Gasteiger partial charge in [-0.15, -0.1) is 11.3 Å². The van der Waals surface area contributed by atoms with Gasteiger partial charge >= 0.3 is 0 Å². The van der Waals surface area contributed by atoms with Crippen molar-refractivity contribution in [2.24, 2.45) is 5.92 Å². The van der Waals surface area contributed by atoms with Crippen LogP contribution < -0.4 is 11.1 Å². The summed E-state index contributed by atoms with van der Waals surface area (Å²) in [4.78, 5) is 13.5. The Bertz CT molecular complexity index is 648. The normalized spacial score (nSPS) is 12.3. The van der Waals surface area contributed by atoms with Crippen molar-refractivity contribution in [3.05, 3.63) is 22.6 Å². The van der Waals surface area contributed by atoms with Gasteiger partial charge in [0.15, 0.2) is 0 Å². The molecule has 0 radical (unpaired) electrons. The van der Waals surface area contributed by atoms with E-state index < -0.39 is 0 Å². The molecule has 1 atom stereocenters. The molecule has 0 aromatic carbocycles. The highest BCUT2D eigenvalue weighted by molar-refractivity contribution is 7.13. The summed E-state index contributed by atoms with van der Waals surface area (Å²) in [5.74, 6) is 0.361. The molecule has 2 heterocycles. The summed E-state index contributed by atoms with van der Waals surface area (Å²) in [6.45, 7) is 6.97. The molecule has 1 amide bonds. The highest BCUT2D eigenvalue weighted by Crippen LogP contribution is 2.33. The second-order valence-electron chi connectivity index (χ2n) is 5.83. The van der Waals surface area contributed by atoms with Crippen molar-refractivity contribution in [2.75, 3.05) is 12.3 Å². The fourth-order valence-corrected chi connectivity index (χ4v) is 3.47. The van der Waals surface area contributed by atoms with Gasteiger partial charge in [0.25, 0.3) is 5.91 Å². The molecule has 0 aliphatic rings. The largest absolute Gasteiger partial charge is 0.367 e. The third-order valence-electron chi connectivity index (χ3n) is 4.12. The molecule has 3 N–H and O–H groups in total. The number of hydrogen-bond donors (Lipinski definition) is 2. The molecule has 0 bridgehead atoms. The smallest absolute Gasteiger partial charge is 0.259 e. The number of carbonyl (C=O) groups is 1. The Morgan fingerprint density at radius 1 is 1.48 bits per heavy atom. The van der Waals surface area contributed by atoms with E-state index in [9.17, 15) is 4.79 Å². The third-order valence-corrected chi connectivity index (χ3v) is 5.14. The van der Waals surface area contributed by atoms with Gasteiger partial charge in [0.1, 0.15) is 11.3 Å². The Hall–Kier alpha value is -1.82. The maximum atomic E-state index is 12.6. The molecule has 2 aromatic heterocycles. The van der Waals surface area contributed by atoms with Crippen LogP contribution in [-0.4, -0.2) is 17.6 Å². The van der Waals surface area contributed by atoms with Gasteiger partial charge in [0.05, 0.1) is 4.88 Å². The molecule has 0 aliphatic carbocycles. The van der Waals surface area contributed by atoms with E-state index in [4.69, 9.17) is 10.3 Å². The van der Waals surface area contributed by atoms with Gasteiger partial charge in [-0.25, -0.2) is 0 Å². The van der Waals surface area contributed by atoms with Crippen molar-refractivity contribution in [1.82, 2.24) is 10.5 Å². The van der Waals surface area contributed by atoms with Crippen LogP contribution >= 0.6 is 11.3 Å². The number of anilines is 1. The number of hydrogen-bond acceptors (Lipinski definition) is 5. The topological polar surface area (TPSA) is 81.2 Å². The van der Waals surface area contributed by atoms with Crippen LogP contribution in [0.2, 0.25) is 0 Å². The maximum absolute atomic E-state index is 12.6. The molecule has 23 heavy (non-hydrogen) atoms. The van der Waals surface area contributed by atoms with Crippen LogP contribution in [0, 0.1) is 12.8 Å². The average molecular weight is 335 g/mol. The Morgan fingerprint density at radius 3 is 2.87 bits per heavy atom. The van der Waals surface area contributed by atoms with Gasteiger partial charge in [-0.3, -0.25) is 4.79 Å². The van der Waals surface area contributed by atoms with E-state index in [2.05, 4.69) is 24.3 Å². The van der Waals surface area contributed by atoms with E-state index in [1.165, 1.54) is 24.2 Å². The number of aromatic nitrogens is 1. The molecule has 2 rings (SSSR count). The number of nitrogen functional groups attached to an aromatic ring is 1. The molecule has 0 fully saturated rings. The fourth-order valence-electron chi connectivity index (χ4n) is 2.56. The quantitative estimate of drug-likeness (QED) is 0.756. The van der Waals surface area contributed by atoms with Crippen LogP contribution in [0.15, 0.2) is 16.0 Å². The highest BCUT2D eigenvalue weighted by atomic mass is 32.1. The SMILES string of the molecule is CCCCC(CC)CNC(=O)c1c(-c2sccc2C)noc1N. The standard InChI is InChI=1S/C17H25N3O2S/c1-4-6-7-12(5-2)10-19-17(21)13-14(20-22-16(13)18)15-11(3)8-9-23-15/h8-9,12H,4-7,10,18H2,1-3H3,(H,19,21). The summed E-state index contributed by atoms with van der Waals surface area (Å²) < 4.78 is 5.07. The lowest BCUT2D eigenvalue weighted by atomic mass is 9.99. The molecule has 0 saturated carbocycles. The highest BCUT2D eigenvalue weighted by Gasteiger charge is 2.24. The van der Waals surface area contributed by atoms with Gasteiger partial charge in [-0.1, -0.05) is 38.3 Å². The molecular formula is C17H25N3O2S. The van der Waals surface area contributed by atoms with E-state index in [1.807, 2.05) is 18.4 Å². The van der Waals surface area contributed by atoms with Gasteiger partial charge in [0, 0.05) is 6.54 Å². The van der Waals surface area contributed by atoms with Crippen molar-refractivity contribution in [2.45, 2.75) is 46.5 Å². The average Bonchev–Trinajstić information content (AvgIpc) is 3.12. The number of thiophene rings is 1. The molecule has 5 nitrogen and oxygen atoms in total. The monoisotopic (exact) mass is 335 g/mol. The second kappa shape index (κ2) is 8.15. The van der Waals surface area contributed by atoms with Crippen molar-refractivity contribution >= 4 is 23.1 Å². The minimum atomic E-state index is -0.207. The van der Waals surface area contributed by atoms with Crippen molar-refractivity contribution < 1.29 is 9.32 Å². The van der Waals surface area contributed by atoms with Crippen LogP contribution in [-0.2, 0) is 0 Å². The summed E-state index contributed by atoms with van der Waals surface area (Å²) in [5.41, 5.74) is 7.78. The van der Waals surface area contributed by atoms with Crippen molar-refractivity contribution in [1.29, 1.82) is 0 Å².